The summed E-state index contributed by atoms with van der Waals surface area (Å²) in [4.78, 5) is 15.5. The molecule has 4 rings (SSSR count). The molecule has 0 radical (unpaired) electrons. The fraction of sp³-hybridized carbons (Fsp3) is 0.476. The van der Waals surface area contributed by atoms with Gasteiger partial charge in [0, 0.05) is 17.9 Å². The predicted octanol–water partition coefficient (Wildman–Crippen LogP) is 2.74. The highest BCUT2D eigenvalue weighted by molar-refractivity contribution is 7.10. The predicted molar refractivity (Wildman–Crippen MR) is 102 cm³/mol. The third-order valence-electron chi connectivity index (χ3n) is 5.84. The highest BCUT2D eigenvalue weighted by Gasteiger charge is 2.30. The van der Waals surface area contributed by atoms with Gasteiger partial charge in [-0.3, -0.25) is 4.79 Å². The van der Waals surface area contributed by atoms with E-state index in [-0.39, 0.29) is 11.8 Å². The molecule has 2 N–H and O–H groups in total. The molecule has 0 spiro atoms. The van der Waals surface area contributed by atoms with E-state index in [1.54, 1.807) is 4.90 Å². The van der Waals surface area contributed by atoms with Crippen LogP contribution in [0, 0.1) is 5.92 Å². The van der Waals surface area contributed by atoms with Gasteiger partial charge in [-0.25, -0.2) is 0 Å². The zero-order chi connectivity index (χ0) is 17.1. The maximum atomic E-state index is 12.5. The van der Waals surface area contributed by atoms with E-state index in [2.05, 4.69) is 47.1 Å². The van der Waals surface area contributed by atoms with E-state index in [4.69, 9.17) is 0 Å². The van der Waals surface area contributed by atoms with E-state index in [9.17, 15) is 4.79 Å². The van der Waals surface area contributed by atoms with Crippen molar-refractivity contribution in [3.05, 3.63) is 57.8 Å². The average molecular weight is 356 g/mol. The molecule has 2 atom stereocenters. The molecule has 1 aliphatic carbocycles. The lowest BCUT2D eigenvalue weighted by Crippen LogP contribution is -3.12. The van der Waals surface area contributed by atoms with E-state index in [0.717, 1.165) is 38.9 Å². The molecule has 1 unspecified atom stereocenters. The van der Waals surface area contributed by atoms with Gasteiger partial charge >= 0.3 is 0 Å². The Bertz CT molecular complexity index is 706. The first-order valence-electron chi connectivity index (χ1n) is 9.54. The van der Waals surface area contributed by atoms with Crippen molar-refractivity contribution in [2.45, 2.75) is 44.7 Å². The molecule has 25 heavy (non-hydrogen) atoms. The molecule has 1 saturated carbocycles. The van der Waals surface area contributed by atoms with Crippen molar-refractivity contribution in [1.29, 1.82) is 0 Å². The second-order valence-corrected chi connectivity index (χ2v) is 8.38. The van der Waals surface area contributed by atoms with Crippen LogP contribution in [-0.2, 0) is 17.8 Å². The van der Waals surface area contributed by atoms with Crippen LogP contribution in [0.2, 0.25) is 0 Å². The van der Waals surface area contributed by atoms with Crippen molar-refractivity contribution in [1.82, 2.24) is 5.32 Å². The van der Waals surface area contributed by atoms with Crippen molar-refractivity contribution in [3.63, 3.8) is 0 Å². The number of carbonyl (C=O) groups excluding carboxylic acids is 1. The van der Waals surface area contributed by atoms with Crippen LogP contribution < -0.4 is 10.2 Å². The van der Waals surface area contributed by atoms with Crippen LogP contribution in [0.1, 0.15) is 47.7 Å². The van der Waals surface area contributed by atoms with Gasteiger partial charge in [-0.2, -0.15) is 0 Å². The Labute approximate surface area is 154 Å². The number of nitrogens with one attached hydrogen (secondary N) is 2. The van der Waals surface area contributed by atoms with Gasteiger partial charge in [-0.05, 0) is 29.9 Å². The minimum Gasteiger partial charge on any atom is -0.349 e. The number of quaternary nitrogens is 1. The summed E-state index contributed by atoms with van der Waals surface area (Å²) in [6.45, 7) is 2.95. The van der Waals surface area contributed by atoms with Crippen LogP contribution in [0.5, 0.6) is 0 Å². The fourth-order valence-electron chi connectivity index (χ4n) is 4.37. The van der Waals surface area contributed by atoms with Gasteiger partial charge in [0.25, 0.3) is 0 Å². The minimum absolute atomic E-state index is 0.251. The summed E-state index contributed by atoms with van der Waals surface area (Å²) in [5, 5.41) is 5.43. The van der Waals surface area contributed by atoms with Crippen LogP contribution in [0.4, 0.5) is 0 Å². The van der Waals surface area contributed by atoms with E-state index >= 15 is 0 Å². The van der Waals surface area contributed by atoms with Crippen molar-refractivity contribution in [3.8, 4) is 0 Å². The maximum absolute atomic E-state index is 12.5. The van der Waals surface area contributed by atoms with Crippen molar-refractivity contribution >= 4 is 17.2 Å². The fourth-order valence-corrected chi connectivity index (χ4v) is 5.26. The summed E-state index contributed by atoms with van der Waals surface area (Å²) < 4.78 is 0. The van der Waals surface area contributed by atoms with Gasteiger partial charge in [-0.15, -0.1) is 11.3 Å². The van der Waals surface area contributed by atoms with Crippen LogP contribution in [0.15, 0.2) is 41.8 Å². The summed E-state index contributed by atoms with van der Waals surface area (Å²) in [6.07, 6.45) is 5.68. The number of thiophene rings is 1. The molecule has 1 fully saturated rings. The van der Waals surface area contributed by atoms with Gasteiger partial charge in [0.1, 0.15) is 12.6 Å². The SMILES string of the molecule is O=C(NC[C@H](c1cccs1)[NH+]1CCc2ccccc2C1)C1CCCC1. The molecule has 1 aromatic carbocycles. The topological polar surface area (TPSA) is 33.5 Å². The number of hydrogen-bond donors (Lipinski definition) is 2. The van der Waals surface area contributed by atoms with Gasteiger partial charge in [0.05, 0.1) is 18.0 Å². The monoisotopic (exact) mass is 355 g/mol. The van der Waals surface area contributed by atoms with Crippen LogP contribution in [0.25, 0.3) is 0 Å². The molecule has 1 amide bonds. The first-order valence-corrected chi connectivity index (χ1v) is 10.4. The second-order valence-electron chi connectivity index (χ2n) is 7.40. The van der Waals surface area contributed by atoms with Crippen LogP contribution in [-0.4, -0.2) is 19.0 Å². The van der Waals surface area contributed by atoms with Gasteiger partial charge in [0.15, 0.2) is 0 Å². The Hall–Kier alpha value is -1.65. The summed E-state index contributed by atoms with van der Waals surface area (Å²) in [6, 6.07) is 13.5. The quantitative estimate of drug-likeness (QED) is 0.850. The Balaban J connectivity index is 1.46. The summed E-state index contributed by atoms with van der Waals surface area (Å²) in [5.41, 5.74) is 2.96. The molecule has 0 saturated heterocycles. The summed E-state index contributed by atoms with van der Waals surface area (Å²) in [5.74, 6) is 0.525. The lowest BCUT2D eigenvalue weighted by atomic mass is 9.98. The van der Waals surface area contributed by atoms with E-state index in [1.165, 1.54) is 28.8 Å². The van der Waals surface area contributed by atoms with Crippen LogP contribution in [0.3, 0.4) is 0 Å². The number of carbonyl (C=O) groups is 1. The largest absolute Gasteiger partial charge is 0.349 e. The first kappa shape index (κ1) is 16.8. The smallest absolute Gasteiger partial charge is 0.223 e. The Morgan fingerprint density at radius 1 is 1.16 bits per heavy atom. The van der Waals surface area contributed by atoms with Crippen molar-refractivity contribution < 1.29 is 9.69 Å². The number of fused-ring (bicyclic) bond motifs is 1. The molecule has 0 bridgehead atoms. The molecule has 1 aromatic heterocycles. The number of amides is 1. The first-order chi connectivity index (χ1) is 12.3. The molecule has 3 nitrogen and oxygen atoms in total. The lowest BCUT2D eigenvalue weighted by molar-refractivity contribution is -0.945. The standard InChI is InChI=1S/C21H26N2OS/c24-21(17-7-2-3-8-17)22-14-19(20-10-5-13-25-20)23-12-11-16-6-1-4-9-18(16)15-23/h1,4-6,9-10,13,17,19H,2-3,7-8,11-12,14-15H2,(H,22,24)/p+1/t19-/m1/s1. The molecular formula is C21H27N2OS+. The zero-order valence-corrected chi connectivity index (χ0v) is 15.5. The van der Waals surface area contributed by atoms with E-state index < -0.39 is 0 Å². The highest BCUT2D eigenvalue weighted by atomic mass is 32.1. The Morgan fingerprint density at radius 2 is 1.96 bits per heavy atom. The number of rotatable bonds is 5. The Kier molecular flexibility index (Phi) is 5.18. The van der Waals surface area contributed by atoms with Crippen LogP contribution >= 0.6 is 11.3 Å². The lowest BCUT2D eigenvalue weighted by Gasteiger charge is -2.32. The molecule has 2 aliphatic rings. The molecule has 2 aromatic rings. The van der Waals surface area contributed by atoms with Gasteiger partial charge in [-0.1, -0.05) is 43.2 Å². The second kappa shape index (κ2) is 7.71. The third-order valence-corrected chi connectivity index (χ3v) is 6.82. The van der Waals surface area contributed by atoms with Crippen molar-refractivity contribution in [2.75, 3.05) is 13.1 Å². The van der Waals surface area contributed by atoms with Crippen molar-refractivity contribution in [2.24, 2.45) is 5.92 Å². The van der Waals surface area contributed by atoms with E-state index in [1.807, 2.05) is 11.3 Å². The zero-order valence-electron chi connectivity index (χ0n) is 14.7. The maximum Gasteiger partial charge on any atom is 0.223 e. The molecular weight excluding hydrogens is 328 g/mol. The minimum atomic E-state index is 0.251. The highest BCUT2D eigenvalue weighted by Crippen LogP contribution is 2.25. The van der Waals surface area contributed by atoms with Gasteiger partial charge in [0.2, 0.25) is 5.91 Å². The molecule has 2 heterocycles. The number of benzene rings is 1. The molecule has 132 valence electrons. The number of hydrogen-bond acceptors (Lipinski definition) is 2. The summed E-state index contributed by atoms with van der Waals surface area (Å²) >= 11 is 1.82. The molecule has 4 heteroatoms. The third kappa shape index (κ3) is 3.80. The summed E-state index contributed by atoms with van der Waals surface area (Å²) in [7, 11) is 0. The van der Waals surface area contributed by atoms with E-state index in [0.29, 0.717) is 6.04 Å². The molecule has 1 aliphatic heterocycles. The Morgan fingerprint density at radius 3 is 2.72 bits per heavy atom. The van der Waals surface area contributed by atoms with Gasteiger partial charge < -0.3 is 10.2 Å². The normalized spacial score (nSPS) is 21.7. The average Bonchev–Trinajstić information content (AvgIpc) is 3.35.